The molecule has 1 saturated heterocycles. The van der Waals surface area contributed by atoms with Crippen molar-refractivity contribution in [2.45, 2.75) is 20.3 Å². The van der Waals surface area contributed by atoms with Crippen molar-refractivity contribution in [1.29, 1.82) is 0 Å². The summed E-state index contributed by atoms with van der Waals surface area (Å²) in [5.41, 5.74) is -0.0353. The fourth-order valence-corrected chi connectivity index (χ4v) is 3.49. The van der Waals surface area contributed by atoms with Crippen LogP contribution in [0.3, 0.4) is 0 Å². The van der Waals surface area contributed by atoms with E-state index in [0.717, 1.165) is 45.7 Å². The highest BCUT2D eigenvalue weighted by Gasteiger charge is 2.17. The monoisotopic (exact) mass is 401 g/mol. The fraction of sp³-hybridized carbons (Fsp3) is 0.476. The highest BCUT2D eigenvalue weighted by Crippen LogP contribution is 2.13. The summed E-state index contributed by atoms with van der Waals surface area (Å²) in [6, 6.07) is 7.43. The Morgan fingerprint density at radius 3 is 2.55 bits per heavy atom. The van der Waals surface area contributed by atoms with Gasteiger partial charge in [-0.1, -0.05) is 19.1 Å². The van der Waals surface area contributed by atoms with Gasteiger partial charge in [0.1, 0.15) is 11.5 Å². The van der Waals surface area contributed by atoms with Crippen molar-refractivity contribution in [1.82, 2.24) is 24.9 Å². The second-order valence-electron chi connectivity index (χ2n) is 7.25. The lowest BCUT2D eigenvalue weighted by Gasteiger charge is -2.33. The van der Waals surface area contributed by atoms with E-state index in [1.54, 1.807) is 25.1 Å². The first-order valence-electron chi connectivity index (χ1n) is 10.1. The Morgan fingerprint density at radius 2 is 1.86 bits per heavy atom. The van der Waals surface area contributed by atoms with E-state index >= 15 is 0 Å². The van der Waals surface area contributed by atoms with Crippen LogP contribution in [0.15, 0.2) is 35.1 Å². The zero-order valence-electron chi connectivity index (χ0n) is 17.0. The predicted molar refractivity (Wildman–Crippen MR) is 110 cm³/mol. The van der Waals surface area contributed by atoms with Crippen molar-refractivity contribution in [2.24, 2.45) is 0 Å². The molecule has 0 atom stereocenters. The van der Waals surface area contributed by atoms with Gasteiger partial charge in [-0.15, -0.1) is 0 Å². The number of nitrogens with one attached hydrogen (secondary N) is 1. The van der Waals surface area contributed by atoms with Crippen LogP contribution in [-0.4, -0.2) is 71.3 Å². The van der Waals surface area contributed by atoms with E-state index in [1.807, 2.05) is 0 Å². The highest BCUT2D eigenvalue weighted by molar-refractivity contribution is 5.92. The number of amides is 1. The average molecular weight is 401 g/mol. The zero-order chi connectivity index (χ0) is 20.8. The third-order valence-electron chi connectivity index (χ3n) is 5.25. The van der Waals surface area contributed by atoms with Gasteiger partial charge >= 0.3 is 0 Å². The first-order valence-corrected chi connectivity index (χ1v) is 10.1. The van der Waals surface area contributed by atoms with Crippen molar-refractivity contribution in [2.75, 3.05) is 45.8 Å². The molecule has 1 aliphatic rings. The largest absolute Gasteiger partial charge is 0.350 e. The summed E-state index contributed by atoms with van der Waals surface area (Å²) >= 11 is 0. The van der Waals surface area contributed by atoms with E-state index in [0.29, 0.717) is 12.2 Å². The predicted octanol–water partition coefficient (Wildman–Crippen LogP) is 1.44. The van der Waals surface area contributed by atoms with Gasteiger partial charge in [0.2, 0.25) is 5.43 Å². The molecule has 2 aromatic rings. The molecule has 1 aliphatic heterocycles. The third kappa shape index (κ3) is 5.27. The van der Waals surface area contributed by atoms with Gasteiger partial charge in [-0.2, -0.15) is 5.10 Å². The summed E-state index contributed by atoms with van der Waals surface area (Å²) in [7, 11) is 0. The minimum absolute atomic E-state index is 0.199. The van der Waals surface area contributed by atoms with Crippen molar-refractivity contribution < 1.29 is 9.18 Å². The number of benzene rings is 1. The molecule has 0 bridgehead atoms. The van der Waals surface area contributed by atoms with Crippen LogP contribution in [0, 0.1) is 12.7 Å². The minimum Gasteiger partial charge on any atom is -0.350 e. The summed E-state index contributed by atoms with van der Waals surface area (Å²) in [6.45, 7) is 10.5. The Kier molecular flexibility index (Phi) is 7.11. The van der Waals surface area contributed by atoms with Gasteiger partial charge in [0, 0.05) is 44.5 Å². The molecule has 0 unspecified atom stereocenters. The van der Waals surface area contributed by atoms with Crippen molar-refractivity contribution in [3.63, 3.8) is 0 Å². The molecule has 0 saturated carbocycles. The number of aryl methyl sites for hydroxylation is 1. The number of likely N-dealkylation sites (N-methyl/N-ethyl adjacent to an activating group) is 1. The van der Waals surface area contributed by atoms with Crippen LogP contribution in [0.25, 0.3) is 5.69 Å². The van der Waals surface area contributed by atoms with Gasteiger partial charge in [0.25, 0.3) is 5.91 Å². The fourth-order valence-electron chi connectivity index (χ4n) is 3.49. The minimum atomic E-state index is -0.532. The molecule has 1 amide bonds. The van der Waals surface area contributed by atoms with Gasteiger partial charge in [-0.05, 0) is 38.6 Å². The van der Waals surface area contributed by atoms with Crippen LogP contribution in [-0.2, 0) is 0 Å². The Morgan fingerprint density at radius 1 is 1.17 bits per heavy atom. The van der Waals surface area contributed by atoms with E-state index in [1.165, 1.54) is 16.8 Å². The SMILES string of the molecule is CCN1CCN(CCCNC(=O)c2nn(-c3ccccc3F)c(C)cc2=O)CC1. The number of carbonyl (C=O) groups is 1. The van der Waals surface area contributed by atoms with Crippen LogP contribution < -0.4 is 10.7 Å². The van der Waals surface area contributed by atoms with Crippen LogP contribution in [0.1, 0.15) is 29.5 Å². The second-order valence-corrected chi connectivity index (χ2v) is 7.25. The maximum atomic E-state index is 14.1. The Bertz CT molecular complexity index is 906. The number of piperazine rings is 1. The quantitative estimate of drug-likeness (QED) is 0.711. The van der Waals surface area contributed by atoms with E-state index in [-0.39, 0.29) is 11.4 Å². The number of para-hydroxylation sites is 1. The topological polar surface area (TPSA) is 70.5 Å². The molecular weight excluding hydrogens is 373 g/mol. The normalized spacial score (nSPS) is 15.4. The highest BCUT2D eigenvalue weighted by atomic mass is 19.1. The Labute approximate surface area is 170 Å². The maximum absolute atomic E-state index is 14.1. The molecule has 156 valence electrons. The maximum Gasteiger partial charge on any atom is 0.275 e. The molecule has 29 heavy (non-hydrogen) atoms. The van der Waals surface area contributed by atoms with Gasteiger partial charge in [0.05, 0.1) is 0 Å². The van der Waals surface area contributed by atoms with Crippen molar-refractivity contribution in [3.05, 3.63) is 57.8 Å². The van der Waals surface area contributed by atoms with Crippen LogP contribution in [0.4, 0.5) is 4.39 Å². The van der Waals surface area contributed by atoms with E-state index in [4.69, 9.17) is 0 Å². The van der Waals surface area contributed by atoms with Crippen LogP contribution in [0.5, 0.6) is 0 Å². The summed E-state index contributed by atoms with van der Waals surface area (Å²) in [5.74, 6) is -1.00. The van der Waals surface area contributed by atoms with E-state index in [2.05, 4.69) is 27.1 Å². The molecule has 1 aromatic carbocycles. The van der Waals surface area contributed by atoms with Gasteiger partial charge < -0.3 is 15.1 Å². The number of carbonyl (C=O) groups excluding carboxylic acids is 1. The lowest BCUT2D eigenvalue weighted by Crippen LogP contribution is -2.46. The summed E-state index contributed by atoms with van der Waals surface area (Å²) in [4.78, 5) is 29.5. The number of hydrogen-bond donors (Lipinski definition) is 1. The van der Waals surface area contributed by atoms with Crippen LogP contribution in [0.2, 0.25) is 0 Å². The lowest BCUT2D eigenvalue weighted by molar-refractivity contribution is 0.0940. The Balaban J connectivity index is 1.59. The molecular formula is C21H28FN5O2. The van der Waals surface area contributed by atoms with E-state index in [9.17, 15) is 14.0 Å². The summed E-state index contributed by atoms with van der Waals surface area (Å²) in [5, 5.41) is 6.89. The van der Waals surface area contributed by atoms with Gasteiger partial charge in [-0.3, -0.25) is 9.59 Å². The molecule has 8 heteroatoms. The number of halogens is 1. The molecule has 0 aliphatic carbocycles. The molecule has 0 radical (unpaired) electrons. The van der Waals surface area contributed by atoms with Crippen LogP contribution >= 0.6 is 0 Å². The average Bonchev–Trinajstić information content (AvgIpc) is 2.72. The molecule has 7 nitrogen and oxygen atoms in total. The van der Waals surface area contributed by atoms with Crippen molar-refractivity contribution >= 4 is 5.91 Å². The molecule has 3 rings (SSSR count). The standard InChI is InChI=1S/C21H28FN5O2/c1-3-25-11-13-26(14-12-25)10-6-9-23-21(29)20-19(28)15-16(2)27(24-20)18-8-5-4-7-17(18)22/h4-5,7-8,15H,3,6,9-14H2,1-2H3,(H,23,29). The third-order valence-corrected chi connectivity index (χ3v) is 5.25. The molecule has 2 heterocycles. The van der Waals surface area contributed by atoms with E-state index < -0.39 is 17.2 Å². The molecule has 0 spiro atoms. The summed E-state index contributed by atoms with van der Waals surface area (Å²) < 4.78 is 15.4. The first kappa shape index (κ1) is 21.1. The van der Waals surface area contributed by atoms with Gasteiger partial charge in [0.15, 0.2) is 5.69 Å². The van der Waals surface area contributed by atoms with Gasteiger partial charge in [-0.25, -0.2) is 9.07 Å². The summed E-state index contributed by atoms with van der Waals surface area (Å²) in [6.07, 6.45) is 0.797. The zero-order valence-corrected chi connectivity index (χ0v) is 17.0. The lowest BCUT2D eigenvalue weighted by atomic mass is 10.2. The first-order chi connectivity index (χ1) is 14.0. The second kappa shape index (κ2) is 9.76. The number of hydrogen-bond acceptors (Lipinski definition) is 5. The number of nitrogens with zero attached hydrogens (tertiary/aromatic N) is 4. The number of aromatic nitrogens is 2. The Hall–Kier alpha value is -2.58. The molecule has 1 N–H and O–H groups in total. The number of rotatable bonds is 7. The molecule has 1 fully saturated rings. The molecule has 1 aromatic heterocycles. The smallest absolute Gasteiger partial charge is 0.275 e. The van der Waals surface area contributed by atoms with Crippen molar-refractivity contribution in [3.8, 4) is 5.69 Å².